The first kappa shape index (κ1) is 16.5. The molecule has 0 unspecified atom stereocenters. The molecule has 0 bridgehead atoms. The molecule has 0 saturated heterocycles. The highest BCUT2D eigenvalue weighted by atomic mass is 32.1. The number of nitrogens with one attached hydrogen (secondary N) is 2. The molecule has 1 aliphatic rings. The minimum Gasteiger partial charge on any atom is -0.326 e. The van der Waals surface area contributed by atoms with Crippen LogP contribution in [0, 0.1) is 5.82 Å². The molecule has 1 aliphatic heterocycles. The normalized spacial score (nSPS) is 13.0. The lowest BCUT2D eigenvalue weighted by Gasteiger charge is -2.17. The Morgan fingerprint density at radius 3 is 2.77 bits per heavy atom. The number of anilines is 2. The lowest BCUT2D eigenvalue weighted by molar-refractivity contribution is -0.116. The van der Waals surface area contributed by atoms with Gasteiger partial charge in [0.05, 0.1) is 4.88 Å². The zero-order valence-electron chi connectivity index (χ0n) is 13.7. The summed E-state index contributed by atoms with van der Waals surface area (Å²) in [7, 11) is 0. The molecule has 0 radical (unpaired) electrons. The summed E-state index contributed by atoms with van der Waals surface area (Å²) in [5.74, 6) is -0.597. The van der Waals surface area contributed by atoms with Gasteiger partial charge in [-0.15, -0.1) is 11.3 Å². The van der Waals surface area contributed by atoms with E-state index < -0.39 is 0 Å². The molecule has 3 aromatic rings. The predicted octanol–water partition coefficient (Wildman–Crippen LogP) is 4.69. The maximum atomic E-state index is 13.9. The van der Waals surface area contributed by atoms with E-state index in [1.807, 2.05) is 12.1 Å². The molecular formula is C20H15FN2O2S. The van der Waals surface area contributed by atoms with E-state index in [0.717, 1.165) is 11.3 Å². The van der Waals surface area contributed by atoms with Gasteiger partial charge in [0.2, 0.25) is 5.91 Å². The van der Waals surface area contributed by atoms with Crippen molar-refractivity contribution in [2.45, 2.75) is 12.8 Å². The number of carbonyl (C=O) groups is 2. The Hall–Kier alpha value is -2.99. The molecule has 2 N–H and O–H groups in total. The van der Waals surface area contributed by atoms with E-state index >= 15 is 0 Å². The number of halogens is 1. The van der Waals surface area contributed by atoms with Gasteiger partial charge in [-0.3, -0.25) is 9.59 Å². The van der Waals surface area contributed by atoms with Crippen molar-refractivity contribution in [1.29, 1.82) is 0 Å². The van der Waals surface area contributed by atoms with Crippen molar-refractivity contribution < 1.29 is 14.0 Å². The molecule has 2 aromatic carbocycles. The fraction of sp³-hybridized carbons (Fsp3) is 0.100. The van der Waals surface area contributed by atoms with E-state index in [2.05, 4.69) is 10.6 Å². The van der Waals surface area contributed by atoms with Crippen LogP contribution >= 0.6 is 11.3 Å². The van der Waals surface area contributed by atoms with Crippen LogP contribution in [0.2, 0.25) is 0 Å². The molecule has 0 spiro atoms. The molecular weight excluding hydrogens is 351 g/mol. The van der Waals surface area contributed by atoms with Crippen LogP contribution in [0.3, 0.4) is 0 Å². The number of amides is 2. The van der Waals surface area contributed by atoms with E-state index in [-0.39, 0.29) is 17.6 Å². The molecule has 2 amide bonds. The second kappa shape index (κ2) is 6.72. The Bertz CT molecular complexity index is 1010. The number of thiophene rings is 1. The molecule has 0 aliphatic carbocycles. The minimum absolute atomic E-state index is 0.0197. The van der Waals surface area contributed by atoms with Crippen LogP contribution in [0.25, 0.3) is 10.4 Å². The number of hydrogen-bond donors (Lipinski definition) is 2. The van der Waals surface area contributed by atoms with Crippen molar-refractivity contribution in [3.05, 3.63) is 70.9 Å². The van der Waals surface area contributed by atoms with Crippen molar-refractivity contribution in [2.75, 3.05) is 10.6 Å². The molecule has 0 atom stereocenters. The van der Waals surface area contributed by atoms with Gasteiger partial charge >= 0.3 is 0 Å². The highest BCUT2D eigenvalue weighted by Crippen LogP contribution is 2.31. The molecule has 1 aromatic heterocycles. The van der Waals surface area contributed by atoms with E-state index in [1.165, 1.54) is 17.4 Å². The molecule has 2 heterocycles. The highest BCUT2D eigenvalue weighted by molar-refractivity contribution is 7.17. The Kier molecular flexibility index (Phi) is 4.26. The lowest BCUT2D eigenvalue weighted by atomic mass is 10.0. The van der Waals surface area contributed by atoms with Crippen molar-refractivity contribution in [1.82, 2.24) is 0 Å². The number of hydrogen-bond acceptors (Lipinski definition) is 3. The number of aryl methyl sites for hydroxylation is 1. The van der Waals surface area contributed by atoms with Crippen LogP contribution in [-0.2, 0) is 11.2 Å². The smallest absolute Gasteiger partial charge is 0.265 e. The summed E-state index contributed by atoms with van der Waals surface area (Å²) < 4.78 is 13.9. The zero-order chi connectivity index (χ0) is 18.1. The average Bonchev–Trinajstić information content (AvgIpc) is 3.12. The first-order valence-corrected chi connectivity index (χ1v) is 9.01. The molecule has 6 heteroatoms. The third-order valence-corrected chi connectivity index (χ3v) is 5.35. The van der Waals surface area contributed by atoms with Gasteiger partial charge in [-0.2, -0.15) is 0 Å². The zero-order valence-corrected chi connectivity index (χ0v) is 14.5. The summed E-state index contributed by atoms with van der Waals surface area (Å²) >= 11 is 1.23. The SMILES string of the molecule is O=C1CCc2ccc(NC(=O)c3ccc(-c4ccccc4F)s3)cc2N1. The summed E-state index contributed by atoms with van der Waals surface area (Å²) in [4.78, 5) is 25.2. The third kappa shape index (κ3) is 3.23. The Labute approximate surface area is 153 Å². The number of rotatable bonds is 3. The second-order valence-electron chi connectivity index (χ2n) is 6.02. The topological polar surface area (TPSA) is 58.2 Å². The maximum Gasteiger partial charge on any atom is 0.265 e. The summed E-state index contributed by atoms with van der Waals surface area (Å²) in [5.41, 5.74) is 2.88. The summed E-state index contributed by atoms with van der Waals surface area (Å²) in [6.07, 6.45) is 1.18. The predicted molar refractivity (Wildman–Crippen MR) is 101 cm³/mol. The standard InChI is InChI=1S/C20H15FN2O2S/c21-15-4-2-1-3-14(15)17-8-9-18(26-17)20(25)22-13-7-5-12-6-10-19(24)23-16(12)11-13/h1-5,7-9,11H,6,10H2,(H,22,25)(H,23,24). The summed E-state index contributed by atoms with van der Waals surface area (Å²) in [5, 5.41) is 5.64. The minimum atomic E-state index is -0.313. The first-order chi connectivity index (χ1) is 12.6. The Morgan fingerprint density at radius 2 is 1.92 bits per heavy atom. The summed E-state index contributed by atoms with van der Waals surface area (Å²) in [6.45, 7) is 0. The van der Waals surface area contributed by atoms with Gasteiger partial charge < -0.3 is 10.6 Å². The highest BCUT2D eigenvalue weighted by Gasteiger charge is 2.16. The Balaban J connectivity index is 1.53. The van der Waals surface area contributed by atoms with Crippen molar-refractivity contribution >= 4 is 34.5 Å². The Morgan fingerprint density at radius 1 is 1.08 bits per heavy atom. The maximum absolute atomic E-state index is 13.9. The van der Waals surface area contributed by atoms with Crippen LogP contribution in [0.4, 0.5) is 15.8 Å². The van der Waals surface area contributed by atoms with Crippen LogP contribution in [-0.4, -0.2) is 11.8 Å². The van der Waals surface area contributed by atoms with E-state index in [1.54, 1.807) is 36.4 Å². The van der Waals surface area contributed by atoms with Crippen LogP contribution in [0.1, 0.15) is 21.7 Å². The van der Waals surface area contributed by atoms with Crippen molar-refractivity contribution in [3.63, 3.8) is 0 Å². The number of fused-ring (bicyclic) bond motifs is 1. The third-order valence-electron chi connectivity index (χ3n) is 4.23. The van der Waals surface area contributed by atoms with E-state index in [9.17, 15) is 14.0 Å². The monoisotopic (exact) mass is 366 g/mol. The van der Waals surface area contributed by atoms with Gasteiger partial charge in [-0.1, -0.05) is 24.3 Å². The number of benzene rings is 2. The quantitative estimate of drug-likeness (QED) is 0.706. The van der Waals surface area contributed by atoms with Gasteiger partial charge in [0.15, 0.2) is 0 Å². The van der Waals surface area contributed by atoms with Gasteiger partial charge in [-0.25, -0.2) is 4.39 Å². The van der Waals surface area contributed by atoms with Gasteiger partial charge in [-0.05, 0) is 42.3 Å². The molecule has 4 rings (SSSR count). The molecule has 4 nitrogen and oxygen atoms in total. The van der Waals surface area contributed by atoms with Crippen LogP contribution in [0.15, 0.2) is 54.6 Å². The largest absolute Gasteiger partial charge is 0.326 e. The number of carbonyl (C=O) groups excluding carboxylic acids is 2. The molecule has 0 fully saturated rings. The van der Waals surface area contributed by atoms with E-state index in [4.69, 9.17) is 0 Å². The van der Waals surface area contributed by atoms with E-state index in [0.29, 0.717) is 33.8 Å². The fourth-order valence-corrected chi connectivity index (χ4v) is 3.84. The van der Waals surface area contributed by atoms with Crippen LogP contribution in [0.5, 0.6) is 0 Å². The molecule has 0 saturated carbocycles. The van der Waals surface area contributed by atoms with Crippen molar-refractivity contribution in [3.8, 4) is 10.4 Å². The van der Waals surface area contributed by atoms with Gasteiger partial charge in [0.1, 0.15) is 5.82 Å². The summed E-state index contributed by atoms with van der Waals surface area (Å²) in [6, 6.07) is 15.4. The van der Waals surface area contributed by atoms with Gasteiger partial charge in [0.25, 0.3) is 5.91 Å². The second-order valence-corrected chi connectivity index (χ2v) is 7.10. The average molecular weight is 366 g/mol. The molecule has 130 valence electrons. The van der Waals surface area contributed by atoms with Crippen LogP contribution < -0.4 is 10.6 Å². The fourth-order valence-electron chi connectivity index (χ4n) is 2.91. The molecule has 26 heavy (non-hydrogen) atoms. The van der Waals surface area contributed by atoms with Gasteiger partial charge in [0, 0.05) is 28.2 Å². The van der Waals surface area contributed by atoms with Crippen molar-refractivity contribution in [2.24, 2.45) is 0 Å². The lowest BCUT2D eigenvalue weighted by Crippen LogP contribution is -2.19. The first-order valence-electron chi connectivity index (χ1n) is 8.19.